The molecule has 4 saturated carbocycles. The smallest absolute Gasteiger partial charge is 0.246 e. The summed E-state index contributed by atoms with van der Waals surface area (Å²) >= 11 is 5.90. The lowest BCUT2D eigenvalue weighted by molar-refractivity contribution is -0.153. The van der Waals surface area contributed by atoms with E-state index in [1.807, 2.05) is 0 Å². The van der Waals surface area contributed by atoms with Gasteiger partial charge < -0.3 is 15.4 Å². The molecule has 6 unspecified atom stereocenters. The normalized spacial score (nSPS) is 46.4. The summed E-state index contributed by atoms with van der Waals surface area (Å²) in [5, 5.41) is 9.37. The van der Waals surface area contributed by atoms with Gasteiger partial charge in [0.1, 0.15) is 18.8 Å². The van der Waals surface area contributed by atoms with Gasteiger partial charge in [-0.15, -0.1) is 11.6 Å². The van der Waals surface area contributed by atoms with Crippen LogP contribution in [-0.2, 0) is 14.3 Å². The molecule has 2 heterocycles. The largest absolute Gasteiger partial charge is 0.368 e. The second-order valence-electron chi connectivity index (χ2n) is 10.8. The van der Waals surface area contributed by atoms with Crippen molar-refractivity contribution >= 4 is 23.4 Å². The summed E-state index contributed by atoms with van der Waals surface area (Å²) in [6.07, 6.45) is 5.19. The second-order valence-corrected chi connectivity index (χ2v) is 11.3. The minimum Gasteiger partial charge on any atom is -0.368 e. The van der Waals surface area contributed by atoms with Crippen molar-refractivity contribution in [3.05, 3.63) is 0 Å². The van der Waals surface area contributed by atoms with E-state index in [-0.39, 0.29) is 48.1 Å². The van der Waals surface area contributed by atoms with Crippen LogP contribution in [0.25, 0.3) is 0 Å². The Balaban J connectivity index is 1.02. The molecule has 0 aromatic heterocycles. The number of ether oxygens (including phenoxy) is 1. The first-order valence-corrected chi connectivity index (χ1v) is 12.2. The Morgan fingerprint density at radius 3 is 2.61 bits per heavy atom. The summed E-state index contributed by atoms with van der Waals surface area (Å²) in [6, 6.07) is -0.148. The molecule has 9 heteroatoms. The van der Waals surface area contributed by atoms with E-state index in [1.165, 1.54) is 6.42 Å². The van der Waals surface area contributed by atoms with Crippen molar-refractivity contribution in [1.29, 1.82) is 0 Å². The van der Waals surface area contributed by atoms with E-state index < -0.39 is 11.5 Å². The zero-order valence-corrected chi connectivity index (χ0v) is 18.9. The molecular formula is C22H34ClFN4O3. The van der Waals surface area contributed by atoms with Crippen molar-refractivity contribution < 1.29 is 18.7 Å². The second kappa shape index (κ2) is 8.12. The predicted molar refractivity (Wildman–Crippen MR) is 114 cm³/mol. The van der Waals surface area contributed by atoms with Crippen LogP contribution in [-0.4, -0.2) is 77.3 Å². The summed E-state index contributed by atoms with van der Waals surface area (Å²) in [4.78, 5) is 27.5. The molecular weight excluding hydrogens is 423 g/mol. The Morgan fingerprint density at radius 1 is 1.13 bits per heavy atom. The van der Waals surface area contributed by atoms with Gasteiger partial charge in [-0.25, -0.2) is 4.39 Å². The highest BCUT2D eigenvalue weighted by Gasteiger charge is 2.69. The number of hydrogen-bond acceptors (Lipinski definition) is 5. The molecule has 0 aromatic rings. The maximum absolute atomic E-state index is 13.7. The maximum atomic E-state index is 13.7. The third kappa shape index (κ3) is 4.33. The van der Waals surface area contributed by atoms with E-state index in [9.17, 15) is 14.0 Å². The van der Waals surface area contributed by atoms with E-state index in [0.717, 1.165) is 38.8 Å². The predicted octanol–water partition coefficient (Wildman–Crippen LogP) is 1.44. The molecule has 0 spiro atoms. The molecule has 6 aliphatic rings. The molecule has 174 valence electrons. The van der Waals surface area contributed by atoms with Gasteiger partial charge in [-0.3, -0.25) is 19.8 Å². The molecule has 2 amide bonds. The standard InChI is InChI=1S/C22H34ClFN4O3/c1-13-2-5-18-25-17(8-28(18)7-13)20(30)27-22-10-21(11-22,12-22)26-19(29)9-31-14-3-4-15(23)16(24)6-14/h13-18,25H,2-12H2,1H3,(H,26,29)(H,27,30). The van der Waals surface area contributed by atoms with E-state index >= 15 is 0 Å². The number of nitrogens with zero attached hydrogens (tertiary/aromatic N) is 1. The monoisotopic (exact) mass is 456 g/mol. The Bertz CT molecular complexity index is 720. The lowest BCUT2D eigenvalue weighted by Crippen LogP contribution is -2.84. The van der Waals surface area contributed by atoms with E-state index in [0.29, 0.717) is 24.9 Å². The number of piperidine rings is 1. The lowest BCUT2D eigenvalue weighted by Gasteiger charge is -2.70. The molecule has 4 aliphatic carbocycles. The van der Waals surface area contributed by atoms with Crippen molar-refractivity contribution in [3.63, 3.8) is 0 Å². The third-order valence-corrected chi connectivity index (χ3v) is 8.46. The van der Waals surface area contributed by atoms with Crippen LogP contribution in [0.15, 0.2) is 0 Å². The molecule has 0 radical (unpaired) electrons. The SMILES string of the molecule is CC1CCC2NC(C(=O)NC34CC(NC(=O)COC5CCC(Cl)C(F)C5)(C3)C4)CN2C1. The number of rotatable bonds is 6. The van der Waals surface area contributed by atoms with Gasteiger partial charge in [-0.1, -0.05) is 6.92 Å². The van der Waals surface area contributed by atoms with Gasteiger partial charge >= 0.3 is 0 Å². The fraction of sp³-hybridized carbons (Fsp3) is 0.909. The first-order chi connectivity index (χ1) is 14.7. The molecule has 2 bridgehead atoms. The number of halogens is 2. The van der Waals surface area contributed by atoms with E-state index in [4.69, 9.17) is 16.3 Å². The average Bonchev–Trinajstić information content (AvgIpc) is 3.09. The Kier molecular flexibility index (Phi) is 5.72. The average molecular weight is 457 g/mol. The van der Waals surface area contributed by atoms with Crippen LogP contribution in [0.2, 0.25) is 0 Å². The number of fused-ring (bicyclic) bond motifs is 1. The summed E-state index contributed by atoms with van der Waals surface area (Å²) in [5.74, 6) is 0.617. The molecule has 6 fully saturated rings. The van der Waals surface area contributed by atoms with Gasteiger partial charge in [0.2, 0.25) is 11.8 Å². The zero-order valence-electron chi connectivity index (χ0n) is 18.2. The topological polar surface area (TPSA) is 82.7 Å². The van der Waals surface area contributed by atoms with Crippen molar-refractivity contribution in [3.8, 4) is 0 Å². The summed E-state index contributed by atoms with van der Waals surface area (Å²) in [7, 11) is 0. The van der Waals surface area contributed by atoms with Gasteiger partial charge in [0, 0.05) is 30.6 Å². The van der Waals surface area contributed by atoms with Crippen molar-refractivity contribution in [2.75, 3.05) is 19.7 Å². The zero-order chi connectivity index (χ0) is 21.8. The van der Waals surface area contributed by atoms with Crippen molar-refractivity contribution in [2.45, 2.75) is 99.2 Å². The highest BCUT2D eigenvalue weighted by Crippen LogP contribution is 2.60. The highest BCUT2D eigenvalue weighted by atomic mass is 35.5. The van der Waals surface area contributed by atoms with Gasteiger partial charge in [0.25, 0.3) is 0 Å². The van der Waals surface area contributed by atoms with Crippen LogP contribution in [0.1, 0.15) is 58.3 Å². The minimum absolute atomic E-state index is 0.0485. The van der Waals surface area contributed by atoms with E-state index in [1.54, 1.807) is 0 Å². The van der Waals surface area contributed by atoms with Crippen LogP contribution in [0, 0.1) is 5.92 Å². The molecule has 31 heavy (non-hydrogen) atoms. The molecule has 6 rings (SSSR count). The highest BCUT2D eigenvalue weighted by molar-refractivity contribution is 6.21. The van der Waals surface area contributed by atoms with Gasteiger partial charge in [-0.05, 0) is 50.9 Å². The van der Waals surface area contributed by atoms with Crippen LogP contribution >= 0.6 is 11.6 Å². The molecule has 0 aromatic carbocycles. The Hall–Kier alpha value is -0.960. The maximum Gasteiger partial charge on any atom is 0.246 e. The van der Waals surface area contributed by atoms with Gasteiger partial charge in [0.15, 0.2) is 0 Å². The summed E-state index contributed by atoms with van der Waals surface area (Å²) < 4.78 is 19.3. The minimum atomic E-state index is -1.07. The van der Waals surface area contributed by atoms with Crippen LogP contribution in [0.3, 0.4) is 0 Å². The molecule has 6 atom stereocenters. The Labute approximate surface area is 188 Å². The number of carbonyl (C=O) groups is 2. The summed E-state index contributed by atoms with van der Waals surface area (Å²) in [6.45, 7) is 4.06. The fourth-order valence-electron chi connectivity index (χ4n) is 6.43. The number of hydrogen-bond donors (Lipinski definition) is 3. The molecule has 2 saturated heterocycles. The molecule has 7 nitrogen and oxygen atoms in total. The molecule has 2 aliphatic heterocycles. The van der Waals surface area contributed by atoms with Crippen LogP contribution < -0.4 is 16.0 Å². The third-order valence-electron chi connectivity index (χ3n) is 7.97. The van der Waals surface area contributed by atoms with Crippen molar-refractivity contribution in [1.82, 2.24) is 20.9 Å². The first kappa shape index (κ1) is 21.9. The number of carbonyl (C=O) groups excluding carboxylic acids is 2. The summed E-state index contributed by atoms with van der Waals surface area (Å²) in [5.41, 5.74) is -0.371. The molecule has 3 N–H and O–H groups in total. The van der Waals surface area contributed by atoms with Gasteiger partial charge in [-0.2, -0.15) is 0 Å². The number of nitrogens with one attached hydrogen (secondary N) is 3. The Morgan fingerprint density at radius 2 is 1.87 bits per heavy atom. The fourth-order valence-corrected chi connectivity index (χ4v) is 6.66. The quantitative estimate of drug-likeness (QED) is 0.527. The number of alkyl halides is 2. The number of amides is 2. The first-order valence-electron chi connectivity index (χ1n) is 11.8. The van der Waals surface area contributed by atoms with Crippen LogP contribution in [0.5, 0.6) is 0 Å². The van der Waals surface area contributed by atoms with Gasteiger partial charge in [0.05, 0.1) is 17.6 Å². The van der Waals surface area contributed by atoms with Crippen molar-refractivity contribution in [2.24, 2.45) is 5.92 Å². The van der Waals surface area contributed by atoms with Crippen LogP contribution in [0.4, 0.5) is 4.39 Å². The van der Waals surface area contributed by atoms with E-state index in [2.05, 4.69) is 27.8 Å². The lowest BCUT2D eigenvalue weighted by atomic mass is 9.44.